The summed E-state index contributed by atoms with van der Waals surface area (Å²) in [6, 6.07) is 8.55. The Morgan fingerprint density at radius 2 is 1.62 bits per heavy atom. The van der Waals surface area contributed by atoms with Gasteiger partial charge in [-0.15, -0.1) is 0 Å². The van der Waals surface area contributed by atoms with Crippen LogP contribution >= 0.6 is 0 Å². The Morgan fingerprint density at radius 1 is 1.03 bits per heavy atom. The molecule has 0 spiro atoms. The topological polar surface area (TPSA) is 57.7 Å². The number of fused-ring (bicyclic) bond motifs is 2. The first-order valence-corrected chi connectivity index (χ1v) is 10.9. The number of hydrogen-bond acceptors (Lipinski definition) is 3. The number of amides is 3. The zero-order chi connectivity index (χ0) is 21.0. The van der Waals surface area contributed by atoms with Crippen LogP contribution in [0, 0.1) is 23.2 Å². The summed E-state index contributed by atoms with van der Waals surface area (Å²) in [4.78, 5) is 42.4. The first-order valence-electron chi connectivity index (χ1n) is 10.9. The Morgan fingerprint density at radius 3 is 2.21 bits per heavy atom. The van der Waals surface area contributed by atoms with Crippen molar-refractivity contribution >= 4 is 17.7 Å². The third-order valence-electron chi connectivity index (χ3n) is 7.91. The summed E-state index contributed by atoms with van der Waals surface area (Å²) in [5.41, 5.74) is -0.568. The number of hydrogen-bond donors (Lipinski definition) is 0. The third-order valence-corrected chi connectivity index (χ3v) is 7.91. The lowest BCUT2D eigenvalue weighted by molar-refractivity contribution is -0.147. The molecule has 1 heterocycles. The minimum absolute atomic E-state index is 0.188. The van der Waals surface area contributed by atoms with E-state index in [1.165, 1.54) is 17.7 Å². The van der Waals surface area contributed by atoms with Crippen molar-refractivity contribution in [2.24, 2.45) is 23.2 Å². The van der Waals surface area contributed by atoms with E-state index in [0.717, 1.165) is 19.3 Å². The minimum Gasteiger partial charge on any atom is -0.312 e. The van der Waals surface area contributed by atoms with Crippen LogP contribution in [0.4, 0.5) is 4.79 Å². The molecular weight excluding hydrogens is 364 g/mol. The Bertz CT molecular complexity index is 816. The van der Waals surface area contributed by atoms with E-state index in [9.17, 15) is 14.4 Å². The van der Waals surface area contributed by atoms with Gasteiger partial charge < -0.3 is 4.90 Å². The average Bonchev–Trinajstić information content (AvgIpc) is 2.84. The van der Waals surface area contributed by atoms with Gasteiger partial charge in [0.25, 0.3) is 5.91 Å². The molecular formula is C24H32N2O3. The van der Waals surface area contributed by atoms with Gasteiger partial charge in [-0.2, -0.15) is 0 Å². The van der Waals surface area contributed by atoms with Crippen LogP contribution in [-0.4, -0.2) is 46.7 Å². The van der Waals surface area contributed by atoms with Gasteiger partial charge in [0.2, 0.25) is 0 Å². The lowest BCUT2D eigenvalue weighted by Crippen LogP contribution is -2.62. The van der Waals surface area contributed by atoms with Crippen molar-refractivity contribution in [2.75, 3.05) is 13.6 Å². The fourth-order valence-electron chi connectivity index (χ4n) is 6.75. The Hall–Kier alpha value is -2.17. The number of imide groups is 1. The second-order valence-electron chi connectivity index (χ2n) is 10.0. The summed E-state index contributed by atoms with van der Waals surface area (Å²) in [5.74, 6) is 1.32. The van der Waals surface area contributed by atoms with Crippen molar-refractivity contribution in [3.05, 3.63) is 35.9 Å². The van der Waals surface area contributed by atoms with E-state index < -0.39 is 5.54 Å². The molecule has 2 aliphatic carbocycles. The molecule has 1 saturated heterocycles. The molecule has 1 aromatic rings. The Labute approximate surface area is 173 Å². The van der Waals surface area contributed by atoms with Gasteiger partial charge in [0.15, 0.2) is 5.78 Å². The molecule has 5 nitrogen and oxygen atoms in total. The maximum atomic E-state index is 13.7. The molecule has 1 aromatic carbocycles. The second-order valence-corrected chi connectivity index (χ2v) is 10.0. The van der Waals surface area contributed by atoms with Gasteiger partial charge in [-0.1, -0.05) is 44.2 Å². The smallest absolute Gasteiger partial charge is 0.312 e. The van der Waals surface area contributed by atoms with E-state index in [1.807, 2.05) is 13.0 Å². The fraction of sp³-hybridized carbons (Fsp3) is 0.625. The first-order chi connectivity index (χ1) is 13.7. The van der Waals surface area contributed by atoms with E-state index >= 15 is 0 Å². The number of benzene rings is 1. The number of likely N-dealkylation sites (N-methyl/N-ethyl adjacent to an activating group) is 1. The molecule has 1 aliphatic heterocycles. The highest BCUT2D eigenvalue weighted by molar-refractivity contribution is 6.11. The molecule has 2 bridgehead atoms. The highest BCUT2D eigenvalue weighted by Gasteiger charge is 2.66. The van der Waals surface area contributed by atoms with Crippen molar-refractivity contribution in [2.45, 2.75) is 58.4 Å². The summed E-state index contributed by atoms with van der Waals surface area (Å²) < 4.78 is 0. The Kier molecular flexibility index (Phi) is 4.83. The third kappa shape index (κ3) is 3.01. The molecule has 3 unspecified atom stereocenters. The molecule has 0 N–H and O–H groups in total. The van der Waals surface area contributed by atoms with Gasteiger partial charge in [-0.3, -0.25) is 14.5 Å². The van der Waals surface area contributed by atoms with E-state index in [2.05, 4.69) is 13.8 Å². The molecule has 3 aliphatic rings. The predicted molar refractivity (Wildman–Crippen MR) is 111 cm³/mol. The van der Waals surface area contributed by atoms with Crippen molar-refractivity contribution in [3.8, 4) is 0 Å². The van der Waals surface area contributed by atoms with Gasteiger partial charge in [-0.25, -0.2) is 4.79 Å². The number of ketones is 1. The number of nitrogens with zero attached hydrogens (tertiary/aromatic N) is 2. The van der Waals surface area contributed by atoms with Gasteiger partial charge in [0.05, 0.1) is 6.54 Å². The number of carbonyl (C=O) groups excluding carboxylic acids is 3. The van der Waals surface area contributed by atoms with Crippen LogP contribution in [0.5, 0.6) is 0 Å². The molecule has 2 saturated carbocycles. The van der Waals surface area contributed by atoms with Gasteiger partial charge >= 0.3 is 6.03 Å². The SMILES string of the molecule is C[C@@H]1CC2C[C@H](C)CC(C3(C)C(=O)N(CC(=O)c4ccccc4)C(=O)N3C)(C2)C1. The Balaban J connectivity index is 1.66. The van der Waals surface area contributed by atoms with Gasteiger partial charge in [0.1, 0.15) is 5.54 Å². The van der Waals surface area contributed by atoms with Crippen LogP contribution in [0.1, 0.15) is 63.2 Å². The molecule has 0 radical (unpaired) electrons. The maximum Gasteiger partial charge on any atom is 0.327 e. The second kappa shape index (κ2) is 6.96. The van der Waals surface area contributed by atoms with Crippen molar-refractivity contribution in [3.63, 3.8) is 0 Å². The zero-order valence-corrected chi connectivity index (χ0v) is 18.0. The number of carbonyl (C=O) groups is 3. The highest BCUT2D eigenvalue weighted by Crippen LogP contribution is 2.60. The van der Waals surface area contributed by atoms with Crippen LogP contribution in [0.15, 0.2) is 30.3 Å². The quantitative estimate of drug-likeness (QED) is 0.561. The van der Waals surface area contributed by atoms with Crippen LogP contribution in [0.25, 0.3) is 0 Å². The number of urea groups is 1. The van der Waals surface area contributed by atoms with Crippen LogP contribution in [0.2, 0.25) is 0 Å². The zero-order valence-electron chi connectivity index (χ0n) is 18.0. The summed E-state index contributed by atoms with van der Waals surface area (Å²) in [6.07, 6.45) is 5.36. The first kappa shape index (κ1) is 20.1. The van der Waals surface area contributed by atoms with Crippen LogP contribution < -0.4 is 0 Å². The summed E-state index contributed by atoms with van der Waals surface area (Å²) in [7, 11) is 1.75. The lowest BCUT2D eigenvalue weighted by Gasteiger charge is -2.57. The van der Waals surface area contributed by atoms with Gasteiger partial charge in [-0.05, 0) is 56.8 Å². The van der Waals surface area contributed by atoms with Crippen molar-refractivity contribution in [1.82, 2.24) is 9.80 Å². The van der Waals surface area contributed by atoms with Crippen LogP contribution in [0.3, 0.4) is 0 Å². The summed E-state index contributed by atoms with van der Waals surface area (Å²) in [5, 5.41) is 0. The highest BCUT2D eigenvalue weighted by atomic mass is 16.2. The summed E-state index contributed by atoms with van der Waals surface area (Å²) in [6.45, 7) is 6.32. The van der Waals surface area contributed by atoms with E-state index in [1.54, 1.807) is 36.2 Å². The molecule has 156 valence electrons. The lowest BCUT2D eigenvalue weighted by atomic mass is 9.50. The molecule has 5 heteroatoms. The molecule has 3 fully saturated rings. The number of rotatable bonds is 4. The molecule has 4 rings (SSSR count). The molecule has 29 heavy (non-hydrogen) atoms. The molecule has 5 atom stereocenters. The van der Waals surface area contributed by atoms with Crippen LogP contribution in [-0.2, 0) is 4.79 Å². The van der Waals surface area contributed by atoms with Gasteiger partial charge in [0, 0.05) is 18.0 Å². The van der Waals surface area contributed by atoms with Crippen molar-refractivity contribution < 1.29 is 14.4 Å². The summed E-state index contributed by atoms with van der Waals surface area (Å²) >= 11 is 0. The fourth-order valence-corrected chi connectivity index (χ4v) is 6.75. The van der Waals surface area contributed by atoms with Crippen molar-refractivity contribution in [1.29, 1.82) is 0 Å². The van der Waals surface area contributed by atoms with E-state index in [-0.39, 0.29) is 29.7 Å². The molecule has 0 aromatic heterocycles. The largest absolute Gasteiger partial charge is 0.327 e. The van der Waals surface area contributed by atoms with E-state index in [4.69, 9.17) is 0 Å². The normalized spacial score (nSPS) is 37.2. The predicted octanol–water partition coefficient (Wildman–Crippen LogP) is 4.37. The minimum atomic E-state index is -0.886. The average molecular weight is 397 g/mol. The standard InChI is InChI=1S/C24H32N2O3/c1-16-10-18-11-17(2)13-24(12-16,14-18)23(3)21(28)26(22(29)25(23)4)15-20(27)19-8-6-5-7-9-19/h5-9,16-18H,10-15H2,1-4H3/t16-,17+,18?,23?,24?. The monoisotopic (exact) mass is 396 g/mol. The number of Topliss-reactive ketones (excluding diaryl/α,β-unsaturated/α-hetero) is 1. The maximum absolute atomic E-state index is 13.7. The molecule has 3 amide bonds. The van der Waals surface area contributed by atoms with E-state index in [0.29, 0.717) is 23.3 Å².